The second-order valence-corrected chi connectivity index (χ2v) is 8.44. The molecule has 0 bridgehead atoms. The number of methoxy groups -OCH3 is 1. The maximum atomic E-state index is 12.0. The first-order chi connectivity index (χ1) is 15.7. The lowest BCUT2D eigenvalue weighted by molar-refractivity contribution is -0.122. The van der Waals surface area contributed by atoms with E-state index in [1.54, 1.807) is 7.11 Å². The molecular formula is C22H40N8O2. The number of aryl methyl sites for hydroxylation is 2. The highest BCUT2D eigenvalue weighted by molar-refractivity contribution is 5.80. The van der Waals surface area contributed by atoms with Crippen molar-refractivity contribution in [3.63, 3.8) is 0 Å². The second-order valence-electron chi connectivity index (χ2n) is 8.44. The molecule has 0 unspecified atom stereocenters. The third-order valence-electron chi connectivity index (χ3n) is 6.01. The SMILES string of the molecule is CCNC(=NCCCc1nnc2n1CCCCC2)N1CCN(CC(=O)NCCOC)CC1. The summed E-state index contributed by atoms with van der Waals surface area (Å²) < 4.78 is 7.30. The van der Waals surface area contributed by atoms with Crippen molar-refractivity contribution in [2.24, 2.45) is 4.99 Å². The van der Waals surface area contributed by atoms with E-state index in [4.69, 9.17) is 9.73 Å². The van der Waals surface area contributed by atoms with Gasteiger partial charge in [-0.25, -0.2) is 0 Å². The van der Waals surface area contributed by atoms with Gasteiger partial charge in [-0.2, -0.15) is 0 Å². The second kappa shape index (κ2) is 13.4. The molecule has 1 saturated heterocycles. The molecule has 0 atom stereocenters. The molecule has 10 nitrogen and oxygen atoms in total. The van der Waals surface area contributed by atoms with E-state index in [1.165, 1.54) is 19.3 Å². The Morgan fingerprint density at radius 3 is 2.72 bits per heavy atom. The molecule has 3 heterocycles. The summed E-state index contributed by atoms with van der Waals surface area (Å²) in [7, 11) is 1.64. The van der Waals surface area contributed by atoms with Gasteiger partial charge in [-0.3, -0.25) is 14.7 Å². The number of guanidine groups is 1. The minimum Gasteiger partial charge on any atom is -0.383 e. The molecule has 180 valence electrons. The van der Waals surface area contributed by atoms with E-state index in [1.807, 2.05) is 0 Å². The van der Waals surface area contributed by atoms with E-state index in [2.05, 4.69) is 42.1 Å². The first kappa shape index (κ1) is 24.4. The fourth-order valence-corrected chi connectivity index (χ4v) is 4.25. The van der Waals surface area contributed by atoms with Gasteiger partial charge in [0.15, 0.2) is 5.96 Å². The lowest BCUT2D eigenvalue weighted by atomic mass is 10.2. The van der Waals surface area contributed by atoms with Crippen LogP contribution in [0.5, 0.6) is 0 Å². The van der Waals surface area contributed by atoms with Crippen molar-refractivity contribution in [3.8, 4) is 0 Å². The molecule has 1 amide bonds. The lowest BCUT2D eigenvalue weighted by Gasteiger charge is -2.36. The van der Waals surface area contributed by atoms with Crippen molar-refractivity contribution in [3.05, 3.63) is 11.6 Å². The molecule has 0 radical (unpaired) electrons. The molecule has 2 N–H and O–H groups in total. The average Bonchev–Trinajstić information content (AvgIpc) is 3.02. The van der Waals surface area contributed by atoms with Crippen LogP contribution >= 0.6 is 0 Å². The monoisotopic (exact) mass is 448 g/mol. The summed E-state index contributed by atoms with van der Waals surface area (Å²) in [6.07, 6.45) is 6.67. The molecule has 0 spiro atoms. The number of piperazine rings is 1. The first-order valence-corrected chi connectivity index (χ1v) is 12.1. The molecule has 1 aromatic rings. The van der Waals surface area contributed by atoms with Crippen LogP contribution in [-0.4, -0.2) is 103 Å². The predicted octanol–water partition coefficient (Wildman–Crippen LogP) is 0.283. The van der Waals surface area contributed by atoms with Gasteiger partial charge in [0.2, 0.25) is 5.91 Å². The van der Waals surface area contributed by atoms with Crippen LogP contribution in [0.4, 0.5) is 0 Å². The molecule has 0 aromatic carbocycles. The zero-order valence-electron chi connectivity index (χ0n) is 19.8. The van der Waals surface area contributed by atoms with E-state index in [-0.39, 0.29) is 5.91 Å². The molecule has 10 heteroatoms. The highest BCUT2D eigenvalue weighted by Gasteiger charge is 2.21. The van der Waals surface area contributed by atoms with Gasteiger partial charge in [0.25, 0.3) is 0 Å². The van der Waals surface area contributed by atoms with E-state index in [9.17, 15) is 4.79 Å². The summed E-state index contributed by atoms with van der Waals surface area (Å²) in [6.45, 7) is 9.76. The smallest absolute Gasteiger partial charge is 0.234 e. The number of ether oxygens (including phenoxy) is 1. The van der Waals surface area contributed by atoms with Crippen molar-refractivity contribution in [2.75, 3.05) is 66.1 Å². The molecule has 32 heavy (non-hydrogen) atoms. The number of amides is 1. The Morgan fingerprint density at radius 2 is 1.94 bits per heavy atom. The third kappa shape index (κ3) is 7.44. The molecule has 3 rings (SSSR count). The molecule has 1 aromatic heterocycles. The topological polar surface area (TPSA) is 99.9 Å². The number of hydrogen-bond acceptors (Lipinski definition) is 6. The van der Waals surface area contributed by atoms with E-state index < -0.39 is 0 Å². The predicted molar refractivity (Wildman–Crippen MR) is 125 cm³/mol. The Balaban J connectivity index is 1.42. The number of carbonyl (C=O) groups is 1. The van der Waals surface area contributed by atoms with Crippen LogP contribution in [0.25, 0.3) is 0 Å². The maximum Gasteiger partial charge on any atom is 0.234 e. The van der Waals surface area contributed by atoms with Gasteiger partial charge in [0.1, 0.15) is 11.6 Å². The van der Waals surface area contributed by atoms with Crippen LogP contribution in [-0.2, 0) is 28.9 Å². The van der Waals surface area contributed by atoms with Gasteiger partial charge in [-0.1, -0.05) is 6.42 Å². The zero-order chi connectivity index (χ0) is 22.6. The Bertz CT molecular complexity index is 728. The van der Waals surface area contributed by atoms with Crippen LogP contribution in [0.3, 0.4) is 0 Å². The van der Waals surface area contributed by atoms with Gasteiger partial charge in [-0.05, 0) is 26.2 Å². The quantitative estimate of drug-likeness (QED) is 0.301. The largest absolute Gasteiger partial charge is 0.383 e. The number of nitrogens with zero attached hydrogens (tertiary/aromatic N) is 6. The van der Waals surface area contributed by atoms with Crippen molar-refractivity contribution >= 4 is 11.9 Å². The van der Waals surface area contributed by atoms with Gasteiger partial charge in [-0.15, -0.1) is 10.2 Å². The third-order valence-corrected chi connectivity index (χ3v) is 6.01. The number of fused-ring (bicyclic) bond motifs is 1. The van der Waals surface area contributed by atoms with E-state index in [0.29, 0.717) is 19.7 Å². The van der Waals surface area contributed by atoms with Crippen molar-refractivity contribution in [1.29, 1.82) is 0 Å². The summed E-state index contributed by atoms with van der Waals surface area (Å²) in [5.74, 6) is 3.29. The summed E-state index contributed by atoms with van der Waals surface area (Å²) in [5, 5.41) is 15.1. The molecule has 0 saturated carbocycles. The summed E-state index contributed by atoms with van der Waals surface area (Å²) in [6, 6.07) is 0. The van der Waals surface area contributed by atoms with Crippen molar-refractivity contribution in [2.45, 2.75) is 52.0 Å². The zero-order valence-corrected chi connectivity index (χ0v) is 19.8. The fraction of sp³-hybridized carbons (Fsp3) is 0.818. The van der Waals surface area contributed by atoms with Gasteiger partial charge in [0, 0.05) is 72.3 Å². The Hall–Kier alpha value is -2.20. The van der Waals surface area contributed by atoms with Gasteiger partial charge in [0.05, 0.1) is 13.2 Å². The summed E-state index contributed by atoms with van der Waals surface area (Å²) in [4.78, 5) is 21.4. The maximum absolute atomic E-state index is 12.0. The number of carbonyl (C=O) groups excluding carboxylic acids is 1. The molecule has 1 fully saturated rings. The van der Waals surface area contributed by atoms with Crippen LogP contribution in [0.2, 0.25) is 0 Å². The lowest BCUT2D eigenvalue weighted by Crippen LogP contribution is -2.54. The van der Waals surface area contributed by atoms with Gasteiger partial charge >= 0.3 is 0 Å². The summed E-state index contributed by atoms with van der Waals surface area (Å²) >= 11 is 0. The first-order valence-electron chi connectivity index (χ1n) is 12.1. The standard InChI is InChI=1S/C22H40N8O2/c1-3-23-22(29-15-13-28(14-16-29)18-21(31)24-11-17-32-2)25-10-7-9-20-27-26-19-8-5-4-6-12-30(19)20/h3-18H2,1-2H3,(H,23,25)(H,24,31). The average molecular weight is 449 g/mol. The molecule has 0 aliphatic carbocycles. The Morgan fingerprint density at radius 1 is 1.09 bits per heavy atom. The number of aliphatic imine (C=N–C) groups is 1. The molecular weight excluding hydrogens is 408 g/mol. The van der Waals surface area contributed by atoms with Gasteiger partial charge < -0.3 is 24.8 Å². The highest BCUT2D eigenvalue weighted by atomic mass is 16.5. The van der Waals surface area contributed by atoms with Crippen molar-refractivity contribution < 1.29 is 9.53 Å². The minimum atomic E-state index is 0.0578. The number of nitrogens with one attached hydrogen (secondary N) is 2. The van der Waals surface area contributed by atoms with Crippen LogP contribution in [0.1, 0.15) is 44.3 Å². The number of rotatable bonds is 10. The highest BCUT2D eigenvalue weighted by Crippen LogP contribution is 2.15. The van der Waals surface area contributed by atoms with E-state index >= 15 is 0 Å². The number of aromatic nitrogens is 3. The van der Waals surface area contributed by atoms with Crippen LogP contribution in [0, 0.1) is 0 Å². The van der Waals surface area contributed by atoms with Crippen LogP contribution < -0.4 is 10.6 Å². The normalized spacial score (nSPS) is 17.7. The fourth-order valence-electron chi connectivity index (χ4n) is 4.25. The minimum absolute atomic E-state index is 0.0578. The van der Waals surface area contributed by atoms with E-state index in [0.717, 1.165) is 82.7 Å². The summed E-state index contributed by atoms with van der Waals surface area (Å²) in [5.41, 5.74) is 0. The molecule has 2 aliphatic rings. The molecule has 2 aliphatic heterocycles. The van der Waals surface area contributed by atoms with Crippen LogP contribution in [0.15, 0.2) is 4.99 Å². The Labute approximate surface area is 191 Å². The Kier molecular flexibility index (Phi) is 10.2. The number of hydrogen-bond donors (Lipinski definition) is 2. The van der Waals surface area contributed by atoms with Crippen molar-refractivity contribution in [1.82, 2.24) is 35.2 Å².